The van der Waals surface area contributed by atoms with Crippen LogP contribution >= 0.6 is 0 Å². The molecule has 0 bridgehead atoms. The van der Waals surface area contributed by atoms with E-state index in [9.17, 15) is 9.90 Å². The van der Waals surface area contributed by atoms with Crippen LogP contribution in [-0.2, 0) is 20.9 Å². The lowest BCUT2D eigenvalue weighted by atomic mass is 10.2. The van der Waals surface area contributed by atoms with E-state index in [1.165, 1.54) is 14.2 Å². The molecule has 1 amide bonds. The van der Waals surface area contributed by atoms with Crippen molar-refractivity contribution in [2.75, 3.05) is 14.2 Å². The van der Waals surface area contributed by atoms with Crippen molar-refractivity contribution in [3.8, 4) is 0 Å². The van der Waals surface area contributed by atoms with Crippen LogP contribution in [0, 0.1) is 0 Å². The van der Waals surface area contributed by atoms with E-state index < -0.39 is 18.4 Å². The number of aliphatic hydroxyl groups excluding tert-OH is 1. The second-order valence-corrected chi connectivity index (χ2v) is 4.15. The highest BCUT2D eigenvalue weighted by Gasteiger charge is 2.30. The standard InChI is InChI=1S/C14H21NO5/c1-4-12(13(16)18-2)15(19-3)14(17)20-10-11-8-6-5-7-9-11/h5-9,12-13,16H,4,10H2,1-3H3/t12-,13?/m0/s1. The van der Waals surface area contributed by atoms with Crippen LogP contribution in [0.1, 0.15) is 18.9 Å². The third kappa shape index (κ3) is 4.48. The van der Waals surface area contributed by atoms with Crippen LogP contribution in [0.3, 0.4) is 0 Å². The zero-order chi connectivity index (χ0) is 15.0. The summed E-state index contributed by atoms with van der Waals surface area (Å²) in [6.07, 6.45) is -1.34. The third-order valence-electron chi connectivity index (χ3n) is 2.87. The minimum absolute atomic E-state index is 0.138. The average molecular weight is 283 g/mol. The molecule has 0 aliphatic carbocycles. The van der Waals surface area contributed by atoms with Crippen molar-refractivity contribution >= 4 is 6.09 Å². The Balaban J connectivity index is 2.62. The number of methoxy groups -OCH3 is 1. The summed E-state index contributed by atoms with van der Waals surface area (Å²) in [7, 11) is 2.70. The quantitative estimate of drug-likeness (QED) is 0.611. The number of ether oxygens (including phenoxy) is 2. The smallest absolute Gasteiger partial charge is 0.434 e. The van der Waals surface area contributed by atoms with Gasteiger partial charge in [-0.05, 0) is 12.0 Å². The van der Waals surface area contributed by atoms with Gasteiger partial charge < -0.3 is 14.6 Å². The van der Waals surface area contributed by atoms with Gasteiger partial charge in [-0.1, -0.05) is 37.3 Å². The van der Waals surface area contributed by atoms with Gasteiger partial charge in [-0.15, -0.1) is 0 Å². The Morgan fingerprint density at radius 3 is 2.45 bits per heavy atom. The maximum absolute atomic E-state index is 12.0. The van der Waals surface area contributed by atoms with E-state index in [-0.39, 0.29) is 6.61 Å². The Morgan fingerprint density at radius 2 is 1.95 bits per heavy atom. The predicted octanol–water partition coefficient (Wildman–Crippen LogP) is 1.93. The first-order chi connectivity index (χ1) is 9.63. The summed E-state index contributed by atoms with van der Waals surface area (Å²) >= 11 is 0. The van der Waals surface area contributed by atoms with Crippen molar-refractivity contribution in [3.05, 3.63) is 35.9 Å². The first-order valence-corrected chi connectivity index (χ1v) is 6.38. The average Bonchev–Trinajstić information content (AvgIpc) is 2.50. The number of aliphatic hydroxyl groups is 1. The van der Waals surface area contributed by atoms with Gasteiger partial charge in [0, 0.05) is 7.11 Å². The van der Waals surface area contributed by atoms with Crippen molar-refractivity contribution in [3.63, 3.8) is 0 Å². The van der Waals surface area contributed by atoms with Gasteiger partial charge in [0.05, 0.1) is 7.11 Å². The van der Waals surface area contributed by atoms with Crippen molar-refractivity contribution < 1.29 is 24.2 Å². The number of carbonyl (C=O) groups is 1. The van der Waals surface area contributed by atoms with Crippen LogP contribution < -0.4 is 0 Å². The molecule has 0 aliphatic rings. The number of hydroxylamine groups is 2. The lowest BCUT2D eigenvalue weighted by Crippen LogP contribution is -2.47. The summed E-state index contributed by atoms with van der Waals surface area (Å²) in [5.74, 6) is 0. The lowest BCUT2D eigenvalue weighted by molar-refractivity contribution is -0.209. The fraction of sp³-hybridized carbons (Fsp3) is 0.500. The number of nitrogens with zero attached hydrogens (tertiary/aromatic N) is 1. The molecular weight excluding hydrogens is 262 g/mol. The molecule has 1 unspecified atom stereocenters. The molecule has 0 radical (unpaired) electrons. The molecule has 6 nitrogen and oxygen atoms in total. The second-order valence-electron chi connectivity index (χ2n) is 4.15. The van der Waals surface area contributed by atoms with E-state index in [0.29, 0.717) is 6.42 Å². The van der Waals surface area contributed by atoms with Crippen LogP contribution in [0.2, 0.25) is 0 Å². The van der Waals surface area contributed by atoms with Crippen LogP contribution in [0.25, 0.3) is 0 Å². The van der Waals surface area contributed by atoms with E-state index in [1.807, 2.05) is 37.3 Å². The van der Waals surface area contributed by atoms with E-state index in [2.05, 4.69) is 0 Å². The molecule has 0 aliphatic heterocycles. The molecule has 1 N–H and O–H groups in total. The van der Waals surface area contributed by atoms with Crippen LogP contribution in [-0.4, -0.2) is 42.8 Å². The number of benzene rings is 1. The highest BCUT2D eigenvalue weighted by atomic mass is 16.7. The summed E-state index contributed by atoms with van der Waals surface area (Å²) in [5.41, 5.74) is 0.872. The number of rotatable bonds is 7. The molecule has 1 rings (SSSR count). The largest absolute Gasteiger partial charge is 0.443 e. The zero-order valence-electron chi connectivity index (χ0n) is 12.0. The van der Waals surface area contributed by atoms with Gasteiger partial charge in [0.2, 0.25) is 0 Å². The van der Waals surface area contributed by atoms with Crippen LogP contribution in [0.5, 0.6) is 0 Å². The van der Waals surface area contributed by atoms with E-state index in [0.717, 1.165) is 10.6 Å². The fourth-order valence-corrected chi connectivity index (χ4v) is 1.77. The fourth-order valence-electron chi connectivity index (χ4n) is 1.77. The topological polar surface area (TPSA) is 68.2 Å². The van der Waals surface area contributed by atoms with Gasteiger partial charge in [0.25, 0.3) is 0 Å². The molecule has 0 heterocycles. The lowest BCUT2D eigenvalue weighted by Gasteiger charge is -2.30. The van der Waals surface area contributed by atoms with Gasteiger partial charge in [-0.3, -0.25) is 4.84 Å². The summed E-state index contributed by atoms with van der Waals surface area (Å²) < 4.78 is 9.98. The number of hydrogen-bond acceptors (Lipinski definition) is 5. The predicted molar refractivity (Wildman–Crippen MR) is 72.6 cm³/mol. The minimum Gasteiger partial charge on any atom is -0.443 e. The van der Waals surface area contributed by atoms with Crippen LogP contribution in [0.4, 0.5) is 4.79 Å². The number of hydrogen-bond donors (Lipinski definition) is 1. The van der Waals surface area contributed by atoms with Crippen molar-refractivity contribution in [2.24, 2.45) is 0 Å². The second kappa shape index (κ2) is 8.52. The summed E-state index contributed by atoms with van der Waals surface area (Å²) in [4.78, 5) is 17.0. The van der Waals surface area contributed by atoms with E-state index in [4.69, 9.17) is 14.3 Å². The van der Waals surface area contributed by atoms with Gasteiger partial charge in [0.1, 0.15) is 12.6 Å². The Labute approximate surface area is 118 Å². The maximum Gasteiger partial charge on any atom is 0.434 e. The third-order valence-corrected chi connectivity index (χ3v) is 2.87. The normalized spacial score (nSPS) is 13.6. The van der Waals surface area contributed by atoms with Crippen molar-refractivity contribution in [1.29, 1.82) is 0 Å². The molecule has 0 aromatic heterocycles. The molecule has 20 heavy (non-hydrogen) atoms. The summed E-state index contributed by atoms with van der Waals surface area (Å²) in [5, 5.41) is 10.7. The summed E-state index contributed by atoms with van der Waals surface area (Å²) in [6.45, 7) is 1.95. The molecular formula is C14H21NO5. The SMILES string of the molecule is CC[C@@H](C(O)OC)N(OC)C(=O)OCc1ccccc1. The van der Waals surface area contributed by atoms with Gasteiger partial charge in [-0.25, -0.2) is 4.79 Å². The molecule has 2 atom stereocenters. The number of amides is 1. The minimum atomic E-state index is -1.13. The molecule has 1 aromatic rings. The highest BCUT2D eigenvalue weighted by molar-refractivity contribution is 5.66. The van der Waals surface area contributed by atoms with E-state index in [1.54, 1.807) is 0 Å². The maximum atomic E-state index is 12.0. The molecule has 0 saturated carbocycles. The Morgan fingerprint density at radius 1 is 1.30 bits per heavy atom. The summed E-state index contributed by atoms with van der Waals surface area (Å²) in [6, 6.07) is 8.68. The van der Waals surface area contributed by atoms with Gasteiger partial charge in [0.15, 0.2) is 6.29 Å². The molecule has 6 heteroatoms. The van der Waals surface area contributed by atoms with E-state index >= 15 is 0 Å². The molecule has 0 fully saturated rings. The Kier molecular flexibility index (Phi) is 7.00. The van der Waals surface area contributed by atoms with Gasteiger partial charge >= 0.3 is 6.09 Å². The Hall–Kier alpha value is -1.63. The van der Waals surface area contributed by atoms with Crippen LogP contribution in [0.15, 0.2) is 30.3 Å². The van der Waals surface area contributed by atoms with Crippen molar-refractivity contribution in [2.45, 2.75) is 32.3 Å². The zero-order valence-corrected chi connectivity index (χ0v) is 12.0. The highest BCUT2D eigenvalue weighted by Crippen LogP contribution is 2.13. The molecule has 0 spiro atoms. The monoisotopic (exact) mass is 283 g/mol. The van der Waals surface area contributed by atoms with Gasteiger partial charge in [-0.2, -0.15) is 5.06 Å². The Bertz CT molecular complexity index is 398. The number of carbonyl (C=O) groups excluding carboxylic acids is 1. The molecule has 112 valence electrons. The first kappa shape index (κ1) is 16.4. The first-order valence-electron chi connectivity index (χ1n) is 6.38. The molecule has 1 aromatic carbocycles. The molecule has 0 saturated heterocycles. The van der Waals surface area contributed by atoms with Crippen molar-refractivity contribution in [1.82, 2.24) is 5.06 Å².